The van der Waals surface area contributed by atoms with Gasteiger partial charge in [0.15, 0.2) is 0 Å². The molecule has 5 nitrogen and oxygen atoms in total. The molecule has 1 aromatic heterocycles. The van der Waals surface area contributed by atoms with Gasteiger partial charge in [-0.3, -0.25) is 4.79 Å². The molecule has 5 heteroatoms. The molecule has 146 valence electrons. The van der Waals surface area contributed by atoms with E-state index in [0.717, 1.165) is 16.6 Å². The molecule has 0 saturated carbocycles. The topological polar surface area (TPSA) is 71.4 Å². The van der Waals surface area contributed by atoms with Crippen LogP contribution in [0.3, 0.4) is 0 Å². The summed E-state index contributed by atoms with van der Waals surface area (Å²) < 4.78 is 5.96. The second kappa shape index (κ2) is 7.72. The van der Waals surface area contributed by atoms with Crippen molar-refractivity contribution in [2.75, 3.05) is 12.8 Å². The molecular formula is C24H23N3O2. The van der Waals surface area contributed by atoms with E-state index in [1.165, 1.54) is 0 Å². The van der Waals surface area contributed by atoms with Crippen molar-refractivity contribution in [2.45, 2.75) is 13.0 Å². The Morgan fingerprint density at radius 1 is 1.00 bits per heavy atom. The van der Waals surface area contributed by atoms with E-state index in [9.17, 15) is 4.79 Å². The number of ether oxygens (including phenoxy) is 1. The second-order valence-corrected chi connectivity index (χ2v) is 7.07. The first-order chi connectivity index (χ1) is 14.0. The predicted molar refractivity (Wildman–Crippen MR) is 116 cm³/mol. The fourth-order valence-electron chi connectivity index (χ4n) is 3.31. The van der Waals surface area contributed by atoms with Crippen molar-refractivity contribution in [1.29, 1.82) is 0 Å². The number of fused-ring (bicyclic) bond motifs is 1. The number of benzene rings is 3. The lowest BCUT2D eigenvalue weighted by Crippen LogP contribution is -2.30. The molecule has 29 heavy (non-hydrogen) atoms. The van der Waals surface area contributed by atoms with E-state index in [0.29, 0.717) is 22.7 Å². The Labute approximate surface area is 169 Å². The number of carbonyl (C=O) groups excluding carboxylic acids is 1. The molecule has 0 aliphatic rings. The number of nitrogens with zero attached hydrogens (tertiary/aromatic N) is 1. The van der Waals surface area contributed by atoms with E-state index in [4.69, 9.17) is 10.5 Å². The maximum atomic E-state index is 13.3. The Morgan fingerprint density at radius 2 is 1.72 bits per heavy atom. The molecule has 0 radical (unpaired) electrons. The van der Waals surface area contributed by atoms with Crippen LogP contribution in [0.4, 0.5) is 5.69 Å². The van der Waals surface area contributed by atoms with Crippen LogP contribution in [-0.4, -0.2) is 22.8 Å². The van der Waals surface area contributed by atoms with Crippen LogP contribution < -0.4 is 10.5 Å². The minimum absolute atomic E-state index is 0.137. The molecule has 3 aromatic carbocycles. The van der Waals surface area contributed by atoms with E-state index >= 15 is 0 Å². The number of nitrogen functional groups attached to an aromatic ring is 1. The van der Waals surface area contributed by atoms with Crippen molar-refractivity contribution in [1.82, 2.24) is 9.88 Å². The summed E-state index contributed by atoms with van der Waals surface area (Å²) in [4.78, 5) is 18.4. The summed E-state index contributed by atoms with van der Waals surface area (Å²) in [5.74, 6) is 0.956. The first kappa shape index (κ1) is 18.6. The van der Waals surface area contributed by atoms with E-state index in [1.807, 2.05) is 55.5 Å². The van der Waals surface area contributed by atoms with Crippen molar-refractivity contribution < 1.29 is 9.53 Å². The lowest BCUT2D eigenvalue weighted by molar-refractivity contribution is 0.0737. The van der Waals surface area contributed by atoms with Crippen LogP contribution in [0.2, 0.25) is 0 Å². The SMILES string of the molecule is CC(c1cc2ccccc2[nH]1)N(C)C(=O)c1ccc(N)cc1Oc1ccccc1. The largest absolute Gasteiger partial charge is 0.456 e. The number of carbonyl (C=O) groups is 1. The summed E-state index contributed by atoms with van der Waals surface area (Å²) in [6.07, 6.45) is 0. The average Bonchev–Trinajstić information content (AvgIpc) is 3.17. The van der Waals surface area contributed by atoms with Crippen molar-refractivity contribution in [3.05, 3.63) is 90.1 Å². The number of aromatic nitrogens is 1. The van der Waals surface area contributed by atoms with Crippen LogP contribution in [0.1, 0.15) is 29.0 Å². The normalized spacial score (nSPS) is 11.9. The fraction of sp³-hybridized carbons (Fsp3) is 0.125. The zero-order valence-electron chi connectivity index (χ0n) is 16.4. The van der Waals surface area contributed by atoms with Gasteiger partial charge in [-0.1, -0.05) is 36.4 Å². The van der Waals surface area contributed by atoms with Crippen LogP contribution in [-0.2, 0) is 0 Å². The van der Waals surface area contributed by atoms with Crippen LogP contribution in [0.15, 0.2) is 78.9 Å². The Bertz CT molecular complexity index is 1120. The maximum Gasteiger partial charge on any atom is 0.257 e. The van der Waals surface area contributed by atoms with E-state index in [-0.39, 0.29) is 11.9 Å². The van der Waals surface area contributed by atoms with Crippen molar-refractivity contribution in [3.63, 3.8) is 0 Å². The Morgan fingerprint density at radius 3 is 2.48 bits per heavy atom. The molecule has 0 bridgehead atoms. The molecule has 4 rings (SSSR count). The molecule has 0 fully saturated rings. The number of nitrogens with two attached hydrogens (primary N) is 1. The number of H-pyrrole nitrogens is 1. The monoisotopic (exact) mass is 385 g/mol. The summed E-state index contributed by atoms with van der Waals surface area (Å²) in [5.41, 5.74) is 8.97. The Balaban J connectivity index is 1.62. The number of nitrogens with one attached hydrogen (secondary N) is 1. The minimum Gasteiger partial charge on any atom is -0.456 e. The van der Waals surface area contributed by atoms with Crippen LogP contribution in [0, 0.1) is 0 Å². The molecule has 1 unspecified atom stereocenters. The molecular weight excluding hydrogens is 362 g/mol. The smallest absolute Gasteiger partial charge is 0.257 e. The summed E-state index contributed by atoms with van der Waals surface area (Å²) in [6, 6.07) is 24.5. The van der Waals surface area contributed by atoms with Gasteiger partial charge < -0.3 is 20.4 Å². The maximum absolute atomic E-state index is 13.3. The van der Waals surface area contributed by atoms with Crippen LogP contribution in [0.5, 0.6) is 11.5 Å². The molecule has 0 aliphatic carbocycles. The minimum atomic E-state index is -0.142. The van der Waals surface area contributed by atoms with E-state index < -0.39 is 0 Å². The van der Waals surface area contributed by atoms with Crippen molar-refractivity contribution in [3.8, 4) is 11.5 Å². The zero-order chi connectivity index (χ0) is 20.4. The second-order valence-electron chi connectivity index (χ2n) is 7.07. The third-order valence-corrected chi connectivity index (χ3v) is 5.11. The lowest BCUT2D eigenvalue weighted by Gasteiger charge is -2.25. The first-order valence-corrected chi connectivity index (χ1v) is 9.50. The van der Waals surface area contributed by atoms with Gasteiger partial charge in [0.2, 0.25) is 0 Å². The molecule has 4 aromatic rings. The highest BCUT2D eigenvalue weighted by Gasteiger charge is 2.23. The van der Waals surface area contributed by atoms with Gasteiger partial charge in [-0.2, -0.15) is 0 Å². The predicted octanol–water partition coefficient (Wildman–Crippen LogP) is 5.38. The Hall–Kier alpha value is -3.73. The number of hydrogen-bond acceptors (Lipinski definition) is 3. The Kier molecular flexibility index (Phi) is 4.96. The van der Waals surface area contributed by atoms with E-state index in [1.54, 1.807) is 30.1 Å². The average molecular weight is 385 g/mol. The molecule has 1 atom stereocenters. The summed E-state index contributed by atoms with van der Waals surface area (Å²) >= 11 is 0. The summed E-state index contributed by atoms with van der Waals surface area (Å²) in [7, 11) is 1.79. The molecule has 1 amide bonds. The van der Waals surface area contributed by atoms with Gasteiger partial charge in [0.25, 0.3) is 5.91 Å². The highest BCUT2D eigenvalue weighted by Crippen LogP contribution is 2.31. The standard InChI is InChI=1S/C24H23N3O2/c1-16(22-14-17-8-6-7-11-21(17)26-22)27(2)24(28)20-13-12-18(25)15-23(20)29-19-9-4-3-5-10-19/h3-16,26H,25H2,1-2H3. The molecule has 0 spiro atoms. The van der Waals surface area contributed by atoms with Crippen LogP contribution in [0.25, 0.3) is 10.9 Å². The number of para-hydroxylation sites is 2. The lowest BCUT2D eigenvalue weighted by atomic mass is 10.1. The molecule has 3 N–H and O–H groups in total. The third kappa shape index (κ3) is 3.80. The number of hydrogen-bond donors (Lipinski definition) is 2. The molecule has 0 saturated heterocycles. The summed E-state index contributed by atoms with van der Waals surface area (Å²) in [6.45, 7) is 2.00. The number of anilines is 1. The van der Waals surface area contributed by atoms with Gasteiger partial charge >= 0.3 is 0 Å². The van der Waals surface area contributed by atoms with Gasteiger partial charge in [-0.25, -0.2) is 0 Å². The van der Waals surface area contributed by atoms with Crippen LogP contribution >= 0.6 is 0 Å². The van der Waals surface area contributed by atoms with Crippen molar-refractivity contribution in [2.24, 2.45) is 0 Å². The zero-order valence-corrected chi connectivity index (χ0v) is 16.4. The van der Waals surface area contributed by atoms with E-state index in [2.05, 4.69) is 17.1 Å². The fourth-order valence-corrected chi connectivity index (χ4v) is 3.31. The van der Waals surface area contributed by atoms with Gasteiger partial charge in [0.1, 0.15) is 11.5 Å². The summed E-state index contributed by atoms with van der Waals surface area (Å²) in [5, 5.41) is 1.12. The third-order valence-electron chi connectivity index (χ3n) is 5.11. The van der Waals surface area contributed by atoms with Gasteiger partial charge in [-0.15, -0.1) is 0 Å². The molecule has 1 heterocycles. The number of rotatable bonds is 5. The quantitative estimate of drug-likeness (QED) is 0.453. The van der Waals surface area contributed by atoms with Gasteiger partial charge in [0.05, 0.1) is 11.6 Å². The first-order valence-electron chi connectivity index (χ1n) is 9.50. The van der Waals surface area contributed by atoms with Gasteiger partial charge in [-0.05, 0) is 48.7 Å². The van der Waals surface area contributed by atoms with Crippen molar-refractivity contribution >= 4 is 22.5 Å². The number of amides is 1. The van der Waals surface area contributed by atoms with Gasteiger partial charge in [0, 0.05) is 30.0 Å². The highest BCUT2D eigenvalue weighted by atomic mass is 16.5. The number of aromatic amines is 1. The molecule has 0 aliphatic heterocycles. The highest BCUT2D eigenvalue weighted by molar-refractivity contribution is 5.97.